The molecule has 186 valence electrons. The van der Waals surface area contributed by atoms with Crippen molar-refractivity contribution < 1.29 is 13.9 Å². The van der Waals surface area contributed by atoms with Crippen molar-refractivity contribution in [2.45, 2.75) is 0 Å². The molecule has 1 fully saturated rings. The molecule has 0 atom stereocenters. The number of nitrogens with zero attached hydrogens (tertiary/aromatic N) is 4. The summed E-state index contributed by atoms with van der Waals surface area (Å²) in [5.41, 5.74) is 3.85. The molecule has 5 rings (SSSR count). The fraction of sp³-hybridized carbons (Fsp3) is 0.286. The first-order valence-corrected chi connectivity index (χ1v) is 12.1. The van der Waals surface area contributed by atoms with Gasteiger partial charge in [-0.3, -0.25) is 0 Å². The van der Waals surface area contributed by atoms with Gasteiger partial charge in [0.1, 0.15) is 18.2 Å². The summed E-state index contributed by atoms with van der Waals surface area (Å²) < 4.78 is 26.2. The normalized spacial score (nSPS) is 13.8. The second-order valence-electron chi connectivity index (χ2n) is 9.00. The van der Waals surface area contributed by atoms with E-state index in [0.29, 0.717) is 34.9 Å². The van der Waals surface area contributed by atoms with E-state index in [0.717, 1.165) is 49.6 Å². The van der Waals surface area contributed by atoms with Crippen LogP contribution >= 0.6 is 0 Å². The highest BCUT2D eigenvalue weighted by molar-refractivity contribution is 5.94. The molecule has 8 heteroatoms. The van der Waals surface area contributed by atoms with E-state index in [-0.39, 0.29) is 5.82 Å². The topological polar surface area (TPSA) is 62.8 Å². The number of benzene rings is 3. The monoisotopic (exact) mass is 487 g/mol. The van der Waals surface area contributed by atoms with Crippen LogP contribution in [0.15, 0.2) is 66.9 Å². The van der Waals surface area contributed by atoms with E-state index in [1.165, 1.54) is 6.07 Å². The minimum atomic E-state index is -0.325. The Hall–Kier alpha value is -3.75. The highest BCUT2D eigenvalue weighted by atomic mass is 19.1. The Morgan fingerprint density at radius 2 is 1.83 bits per heavy atom. The van der Waals surface area contributed by atoms with Gasteiger partial charge in [0.25, 0.3) is 0 Å². The van der Waals surface area contributed by atoms with Gasteiger partial charge in [0.15, 0.2) is 0 Å². The Morgan fingerprint density at radius 3 is 2.61 bits per heavy atom. The van der Waals surface area contributed by atoms with Gasteiger partial charge in [-0.15, -0.1) is 0 Å². The van der Waals surface area contributed by atoms with E-state index in [1.807, 2.05) is 49.3 Å². The van der Waals surface area contributed by atoms with Crippen LogP contribution in [0.1, 0.15) is 0 Å². The van der Waals surface area contributed by atoms with Crippen molar-refractivity contribution in [3.63, 3.8) is 0 Å². The summed E-state index contributed by atoms with van der Waals surface area (Å²) in [5.74, 6) is 0.750. The zero-order chi connectivity index (χ0) is 24.9. The molecule has 0 unspecified atom stereocenters. The molecule has 1 aliphatic rings. The van der Waals surface area contributed by atoms with Gasteiger partial charge in [-0.05, 0) is 56.6 Å². The Morgan fingerprint density at radius 1 is 1.03 bits per heavy atom. The van der Waals surface area contributed by atoms with E-state index in [2.05, 4.69) is 27.3 Å². The lowest BCUT2D eigenvalue weighted by atomic mass is 10.0. The molecule has 0 aliphatic carbocycles. The number of likely N-dealkylation sites (N-methyl/N-ethyl adjacent to an activating group) is 1. The van der Waals surface area contributed by atoms with Gasteiger partial charge in [0.05, 0.1) is 18.7 Å². The molecule has 1 N–H and O–H groups in total. The average Bonchev–Trinajstić information content (AvgIpc) is 2.90. The van der Waals surface area contributed by atoms with Gasteiger partial charge in [0.2, 0.25) is 5.95 Å². The molecule has 1 aromatic heterocycles. The molecular formula is C28H30FN5O2. The number of rotatable bonds is 8. The summed E-state index contributed by atoms with van der Waals surface area (Å²) in [4.78, 5) is 13.6. The Labute approximate surface area is 210 Å². The highest BCUT2D eigenvalue weighted by Gasteiger charge is 2.14. The third-order valence-electron chi connectivity index (χ3n) is 6.15. The van der Waals surface area contributed by atoms with Crippen LogP contribution in [0.25, 0.3) is 22.0 Å². The molecule has 1 aliphatic heterocycles. The molecule has 0 amide bonds. The van der Waals surface area contributed by atoms with Crippen LogP contribution in [0.2, 0.25) is 0 Å². The predicted molar refractivity (Wildman–Crippen MR) is 142 cm³/mol. The molecule has 3 aromatic carbocycles. The minimum Gasteiger partial charge on any atom is -0.492 e. The average molecular weight is 488 g/mol. The van der Waals surface area contributed by atoms with Gasteiger partial charge in [-0.2, -0.15) is 0 Å². The summed E-state index contributed by atoms with van der Waals surface area (Å²) in [6, 6.07) is 18.7. The van der Waals surface area contributed by atoms with Crippen molar-refractivity contribution in [2.24, 2.45) is 0 Å². The molecule has 0 bridgehead atoms. The number of anilines is 3. The van der Waals surface area contributed by atoms with Gasteiger partial charge < -0.3 is 24.6 Å². The maximum Gasteiger partial charge on any atom is 0.227 e. The number of fused-ring (bicyclic) bond motifs is 1. The fourth-order valence-electron chi connectivity index (χ4n) is 4.19. The number of morpholine rings is 1. The molecule has 4 aromatic rings. The second-order valence-corrected chi connectivity index (χ2v) is 9.00. The number of ether oxygens (including phenoxy) is 2. The first-order chi connectivity index (χ1) is 17.6. The maximum atomic E-state index is 14.9. The quantitative estimate of drug-likeness (QED) is 0.377. The second kappa shape index (κ2) is 10.9. The smallest absolute Gasteiger partial charge is 0.227 e. The van der Waals surface area contributed by atoms with Crippen molar-refractivity contribution in [3.8, 4) is 16.9 Å². The first kappa shape index (κ1) is 24.0. The third-order valence-corrected chi connectivity index (χ3v) is 6.15. The van der Waals surface area contributed by atoms with Gasteiger partial charge in [-0.25, -0.2) is 14.4 Å². The zero-order valence-corrected chi connectivity index (χ0v) is 20.6. The number of aromatic nitrogens is 2. The number of hydrogen-bond acceptors (Lipinski definition) is 7. The SMILES string of the molecule is CN(C)CCOc1ccc(F)c(-c2cccc3cnc(Nc4ccc(N5CCOCC5)cc4)nc23)c1. The van der Waals surface area contributed by atoms with E-state index in [1.54, 1.807) is 18.3 Å². The van der Waals surface area contributed by atoms with Crippen molar-refractivity contribution in [3.05, 3.63) is 72.7 Å². The van der Waals surface area contributed by atoms with Crippen LogP contribution in [0.3, 0.4) is 0 Å². The Bertz CT molecular complexity index is 1320. The number of para-hydroxylation sites is 1. The Balaban J connectivity index is 1.40. The molecule has 36 heavy (non-hydrogen) atoms. The standard InChI is InChI=1S/C28H30FN5O2/c1-33(2)12-17-36-23-10-11-26(29)25(18-23)24-5-3-4-20-19-30-28(32-27(20)24)31-21-6-8-22(9-7-21)34-13-15-35-16-14-34/h3-11,18-19H,12-17H2,1-2H3,(H,30,31,32). The number of hydrogen-bond donors (Lipinski definition) is 1. The highest BCUT2D eigenvalue weighted by Crippen LogP contribution is 2.32. The van der Waals surface area contributed by atoms with Crippen LogP contribution in [-0.2, 0) is 4.74 Å². The van der Waals surface area contributed by atoms with Gasteiger partial charge >= 0.3 is 0 Å². The lowest BCUT2D eigenvalue weighted by Crippen LogP contribution is -2.36. The largest absolute Gasteiger partial charge is 0.492 e. The lowest BCUT2D eigenvalue weighted by Gasteiger charge is -2.28. The minimum absolute atomic E-state index is 0.325. The molecular weight excluding hydrogens is 457 g/mol. The van der Waals surface area contributed by atoms with E-state index < -0.39 is 0 Å². The van der Waals surface area contributed by atoms with E-state index >= 15 is 0 Å². The summed E-state index contributed by atoms with van der Waals surface area (Å²) in [6.45, 7) is 4.58. The summed E-state index contributed by atoms with van der Waals surface area (Å²) >= 11 is 0. The summed E-state index contributed by atoms with van der Waals surface area (Å²) in [7, 11) is 3.97. The zero-order valence-electron chi connectivity index (χ0n) is 20.6. The molecule has 0 saturated carbocycles. The molecule has 2 heterocycles. The Kier molecular flexibility index (Phi) is 7.25. The first-order valence-electron chi connectivity index (χ1n) is 12.1. The number of halogens is 1. The van der Waals surface area contributed by atoms with Gasteiger partial charge in [-0.1, -0.05) is 18.2 Å². The van der Waals surface area contributed by atoms with Crippen LogP contribution in [0, 0.1) is 5.82 Å². The third kappa shape index (κ3) is 5.56. The van der Waals surface area contributed by atoms with E-state index in [4.69, 9.17) is 14.5 Å². The molecule has 1 saturated heterocycles. The van der Waals surface area contributed by atoms with E-state index in [9.17, 15) is 4.39 Å². The van der Waals surface area contributed by atoms with Crippen LogP contribution < -0.4 is 15.0 Å². The van der Waals surface area contributed by atoms with Crippen molar-refractivity contribution in [1.29, 1.82) is 0 Å². The summed E-state index contributed by atoms with van der Waals surface area (Å²) in [6.07, 6.45) is 1.76. The molecule has 0 radical (unpaired) electrons. The fourth-order valence-corrected chi connectivity index (χ4v) is 4.19. The number of nitrogens with one attached hydrogen (secondary N) is 1. The molecule has 7 nitrogen and oxygen atoms in total. The van der Waals surface area contributed by atoms with Crippen molar-refractivity contribution in [2.75, 3.05) is 63.8 Å². The molecule has 0 spiro atoms. The van der Waals surface area contributed by atoms with Crippen molar-refractivity contribution in [1.82, 2.24) is 14.9 Å². The van der Waals surface area contributed by atoms with Crippen LogP contribution in [0.5, 0.6) is 5.75 Å². The van der Waals surface area contributed by atoms with Crippen LogP contribution in [0.4, 0.5) is 21.7 Å². The maximum absolute atomic E-state index is 14.9. The summed E-state index contributed by atoms with van der Waals surface area (Å²) in [5, 5.41) is 4.11. The van der Waals surface area contributed by atoms with Crippen molar-refractivity contribution >= 4 is 28.2 Å². The van der Waals surface area contributed by atoms with Crippen LogP contribution in [-0.4, -0.2) is 68.4 Å². The van der Waals surface area contributed by atoms with Gasteiger partial charge in [0, 0.05) is 53.7 Å². The predicted octanol–water partition coefficient (Wildman–Crippen LogP) is 4.96. The lowest BCUT2D eigenvalue weighted by molar-refractivity contribution is 0.122.